The van der Waals surface area contributed by atoms with E-state index >= 15 is 0 Å². The molecule has 1 aromatic heterocycles. The molecule has 0 radical (unpaired) electrons. The fourth-order valence-corrected chi connectivity index (χ4v) is 4.12. The number of benzene rings is 2. The molecule has 1 amide bonds. The molecular formula is C21H16N2OS2. The number of thiocarbonyl (C=S) groups is 1. The van der Waals surface area contributed by atoms with E-state index in [0.29, 0.717) is 15.8 Å². The molecule has 26 heavy (non-hydrogen) atoms. The molecule has 1 fully saturated rings. The van der Waals surface area contributed by atoms with Gasteiger partial charge in [-0.1, -0.05) is 72.0 Å². The van der Waals surface area contributed by atoms with Crippen LogP contribution in [0.2, 0.25) is 0 Å². The van der Waals surface area contributed by atoms with Crippen molar-refractivity contribution in [1.82, 2.24) is 9.88 Å². The second-order valence-corrected chi connectivity index (χ2v) is 7.86. The van der Waals surface area contributed by atoms with Crippen LogP contribution in [0.5, 0.6) is 0 Å². The maximum absolute atomic E-state index is 12.8. The number of pyridine rings is 1. The van der Waals surface area contributed by atoms with Gasteiger partial charge in [0.2, 0.25) is 0 Å². The molecule has 2 heterocycles. The van der Waals surface area contributed by atoms with Crippen molar-refractivity contribution < 1.29 is 4.79 Å². The first kappa shape index (κ1) is 16.9. The standard InChI is InChI=1S/C21H16N2OS2/c1-14-7-10-18-16(11-14)8-9-17(22-18)12-19-20(24)23(21(25)26-19)13-15-5-3-2-4-6-15/h2-12H,13H2,1H3. The van der Waals surface area contributed by atoms with Crippen LogP contribution in [0.1, 0.15) is 16.8 Å². The van der Waals surface area contributed by atoms with Crippen LogP contribution in [-0.4, -0.2) is 20.1 Å². The normalized spacial score (nSPS) is 16.0. The number of hydrogen-bond acceptors (Lipinski definition) is 4. The second-order valence-electron chi connectivity index (χ2n) is 6.19. The van der Waals surface area contributed by atoms with Gasteiger partial charge in [-0.25, -0.2) is 4.98 Å². The van der Waals surface area contributed by atoms with Crippen molar-refractivity contribution in [1.29, 1.82) is 0 Å². The van der Waals surface area contributed by atoms with Crippen molar-refractivity contribution in [2.45, 2.75) is 13.5 Å². The van der Waals surface area contributed by atoms with Gasteiger partial charge in [0, 0.05) is 5.39 Å². The predicted molar refractivity (Wildman–Crippen MR) is 112 cm³/mol. The van der Waals surface area contributed by atoms with Crippen molar-refractivity contribution in [3.63, 3.8) is 0 Å². The number of amides is 1. The third-order valence-corrected chi connectivity index (χ3v) is 5.58. The van der Waals surface area contributed by atoms with Gasteiger partial charge in [-0.15, -0.1) is 0 Å². The van der Waals surface area contributed by atoms with Crippen molar-refractivity contribution in [2.75, 3.05) is 0 Å². The van der Waals surface area contributed by atoms with E-state index in [1.165, 1.54) is 17.3 Å². The highest BCUT2D eigenvalue weighted by Gasteiger charge is 2.32. The molecule has 0 unspecified atom stereocenters. The van der Waals surface area contributed by atoms with Crippen LogP contribution in [0.3, 0.4) is 0 Å². The molecule has 4 rings (SSSR count). The molecule has 0 N–H and O–H groups in total. The van der Waals surface area contributed by atoms with Crippen molar-refractivity contribution in [3.8, 4) is 0 Å². The van der Waals surface area contributed by atoms with E-state index in [9.17, 15) is 4.79 Å². The molecule has 1 aliphatic heterocycles. The Labute approximate surface area is 161 Å². The van der Waals surface area contributed by atoms with Crippen LogP contribution in [0.25, 0.3) is 17.0 Å². The minimum atomic E-state index is -0.0605. The highest BCUT2D eigenvalue weighted by Crippen LogP contribution is 2.33. The summed E-state index contributed by atoms with van der Waals surface area (Å²) in [6.45, 7) is 2.55. The number of aryl methyl sites for hydroxylation is 1. The van der Waals surface area contributed by atoms with E-state index in [-0.39, 0.29) is 5.91 Å². The third-order valence-electron chi connectivity index (χ3n) is 4.20. The van der Waals surface area contributed by atoms with Crippen molar-refractivity contribution >= 4 is 51.2 Å². The van der Waals surface area contributed by atoms with Crippen LogP contribution in [-0.2, 0) is 11.3 Å². The van der Waals surface area contributed by atoms with Gasteiger partial charge in [0.25, 0.3) is 5.91 Å². The average molecular weight is 377 g/mol. The van der Waals surface area contributed by atoms with Gasteiger partial charge in [0.15, 0.2) is 0 Å². The topological polar surface area (TPSA) is 33.2 Å². The molecule has 1 saturated heterocycles. The summed E-state index contributed by atoms with van der Waals surface area (Å²) in [5.41, 5.74) is 3.95. The summed E-state index contributed by atoms with van der Waals surface area (Å²) in [7, 11) is 0. The Morgan fingerprint density at radius 1 is 1.12 bits per heavy atom. The molecule has 2 aromatic carbocycles. The summed E-state index contributed by atoms with van der Waals surface area (Å²) in [5.74, 6) is -0.0605. The number of carbonyl (C=O) groups excluding carboxylic acids is 1. The van der Waals surface area contributed by atoms with Crippen LogP contribution < -0.4 is 0 Å². The Kier molecular flexibility index (Phi) is 4.57. The zero-order valence-corrected chi connectivity index (χ0v) is 15.8. The van der Waals surface area contributed by atoms with E-state index in [1.807, 2.05) is 60.7 Å². The summed E-state index contributed by atoms with van der Waals surface area (Å²) in [4.78, 5) is 19.7. The maximum Gasteiger partial charge on any atom is 0.266 e. The average Bonchev–Trinajstić information content (AvgIpc) is 2.90. The van der Waals surface area contributed by atoms with Gasteiger partial charge < -0.3 is 0 Å². The van der Waals surface area contributed by atoms with Crippen molar-refractivity contribution in [3.05, 3.63) is 82.4 Å². The number of aromatic nitrogens is 1. The van der Waals surface area contributed by atoms with Gasteiger partial charge >= 0.3 is 0 Å². The van der Waals surface area contributed by atoms with Gasteiger partial charge in [-0.05, 0) is 36.8 Å². The first-order valence-electron chi connectivity index (χ1n) is 8.27. The van der Waals surface area contributed by atoms with Gasteiger partial charge in [0.05, 0.1) is 22.7 Å². The Balaban J connectivity index is 1.60. The summed E-state index contributed by atoms with van der Waals surface area (Å²) in [5, 5.41) is 1.10. The maximum atomic E-state index is 12.8. The predicted octanol–water partition coefficient (Wildman–Crippen LogP) is 4.94. The van der Waals surface area contributed by atoms with Crippen LogP contribution in [0.4, 0.5) is 0 Å². The van der Waals surface area contributed by atoms with E-state index in [1.54, 1.807) is 4.90 Å². The third kappa shape index (κ3) is 3.41. The van der Waals surface area contributed by atoms with Gasteiger partial charge in [0.1, 0.15) is 4.32 Å². The lowest BCUT2D eigenvalue weighted by molar-refractivity contribution is -0.122. The zero-order chi connectivity index (χ0) is 18.1. The van der Waals surface area contributed by atoms with Crippen LogP contribution in [0.15, 0.2) is 65.6 Å². The molecule has 0 saturated carbocycles. The largest absolute Gasteiger partial charge is 0.288 e. The summed E-state index contributed by atoms with van der Waals surface area (Å²) in [6, 6.07) is 20.0. The molecule has 0 aliphatic carbocycles. The zero-order valence-electron chi connectivity index (χ0n) is 14.2. The lowest BCUT2D eigenvalue weighted by Crippen LogP contribution is -2.27. The molecule has 0 spiro atoms. The molecule has 3 aromatic rings. The molecule has 0 bridgehead atoms. The minimum Gasteiger partial charge on any atom is -0.288 e. The fraction of sp³-hybridized carbons (Fsp3) is 0.0952. The smallest absolute Gasteiger partial charge is 0.266 e. The lowest BCUT2D eigenvalue weighted by atomic mass is 10.1. The number of carbonyl (C=O) groups is 1. The monoisotopic (exact) mass is 376 g/mol. The molecule has 1 aliphatic rings. The lowest BCUT2D eigenvalue weighted by Gasteiger charge is -2.14. The van der Waals surface area contributed by atoms with E-state index in [4.69, 9.17) is 12.2 Å². The van der Waals surface area contributed by atoms with Crippen molar-refractivity contribution in [2.24, 2.45) is 0 Å². The number of fused-ring (bicyclic) bond motifs is 1. The SMILES string of the molecule is Cc1ccc2nc(C=C3SC(=S)N(Cc4ccccc4)C3=O)ccc2c1. The molecule has 3 nitrogen and oxygen atoms in total. The Morgan fingerprint density at radius 2 is 1.92 bits per heavy atom. The molecule has 0 atom stereocenters. The van der Waals surface area contributed by atoms with E-state index < -0.39 is 0 Å². The van der Waals surface area contributed by atoms with Gasteiger partial charge in [-0.2, -0.15) is 0 Å². The van der Waals surface area contributed by atoms with Crippen LogP contribution >= 0.6 is 24.0 Å². The summed E-state index contributed by atoms with van der Waals surface area (Å²) < 4.78 is 0.585. The molecule has 128 valence electrons. The summed E-state index contributed by atoms with van der Waals surface area (Å²) in [6.07, 6.45) is 1.82. The quantitative estimate of drug-likeness (QED) is 0.479. The van der Waals surface area contributed by atoms with E-state index in [2.05, 4.69) is 18.0 Å². The first-order valence-corrected chi connectivity index (χ1v) is 9.49. The Bertz CT molecular complexity index is 1040. The first-order chi connectivity index (χ1) is 12.6. The molecule has 5 heteroatoms. The van der Waals surface area contributed by atoms with Crippen LogP contribution in [0, 0.1) is 6.92 Å². The number of nitrogens with zero attached hydrogens (tertiary/aromatic N) is 2. The highest BCUT2D eigenvalue weighted by atomic mass is 32.2. The second kappa shape index (κ2) is 7.02. The minimum absolute atomic E-state index is 0.0605. The Morgan fingerprint density at radius 3 is 2.73 bits per heavy atom. The molecular weight excluding hydrogens is 360 g/mol. The fourth-order valence-electron chi connectivity index (χ4n) is 2.88. The summed E-state index contributed by atoms with van der Waals surface area (Å²) >= 11 is 6.74. The highest BCUT2D eigenvalue weighted by molar-refractivity contribution is 8.26. The number of thioether (sulfide) groups is 1. The van der Waals surface area contributed by atoms with E-state index in [0.717, 1.165) is 22.2 Å². The van der Waals surface area contributed by atoms with Gasteiger partial charge in [-0.3, -0.25) is 9.69 Å². The number of rotatable bonds is 3. The number of hydrogen-bond donors (Lipinski definition) is 0. The Hall–Kier alpha value is -2.50.